The summed E-state index contributed by atoms with van der Waals surface area (Å²) < 4.78 is 38.2. The number of carbonyl (C=O) groups excluding carboxylic acids is 1. The van der Waals surface area contributed by atoms with Gasteiger partial charge in [0.05, 0.1) is 0 Å². The lowest BCUT2D eigenvalue weighted by molar-refractivity contribution is -0.260. The van der Waals surface area contributed by atoms with Gasteiger partial charge in [-0.05, 0) is 6.92 Å². The molecule has 1 N–H and O–H groups in total. The Morgan fingerprint density at radius 3 is 2.52 bits per heavy atom. The van der Waals surface area contributed by atoms with Crippen molar-refractivity contribution >= 4 is 11.7 Å². The third-order valence-electron chi connectivity index (χ3n) is 2.86. The first-order valence-electron chi connectivity index (χ1n) is 6.17. The number of nitrogens with zero attached hydrogens (tertiary/aromatic N) is 2. The average Bonchev–Trinajstić information content (AvgIpc) is 2.83. The molecular weight excluding hydrogens is 287 g/mol. The zero-order valence-corrected chi connectivity index (χ0v) is 11.4. The maximum Gasteiger partial charge on any atom is 0.437 e. The van der Waals surface area contributed by atoms with E-state index in [2.05, 4.69) is 10.3 Å². The first kappa shape index (κ1) is 15.3. The molecule has 1 aliphatic rings. The van der Waals surface area contributed by atoms with Gasteiger partial charge in [0.2, 0.25) is 5.91 Å². The van der Waals surface area contributed by atoms with Crippen LogP contribution in [0.15, 0.2) is 29.3 Å². The number of nitrogens with one attached hydrogen (secondary N) is 1. The molecule has 2 rings (SSSR count). The van der Waals surface area contributed by atoms with Crippen molar-refractivity contribution in [3.05, 3.63) is 35.4 Å². The predicted octanol–water partition coefficient (Wildman–Crippen LogP) is 1.62. The molecule has 1 heterocycles. The van der Waals surface area contributed by atoms with E-state index in [0.717, 1.165) is 10.6 Å². The van der Waals surface area contributed by atoms with E-state index < -0.39 is 18.3 Å². The maximum atomic E-state index is 12.7. The minimum absolute atomic E-state index is 0.0130. The Morgan fingerprint density at radius 1 is 1.38 bits per heavy atom. The minimum atomic E-state index is -4.63. The van der Waals surface area contributed by atoms with E-state index >= 15 is 0 Å². The van der Waals surface area contributed by atoms with Crippen molar-refractivity contribution in [3.63, 3.8) is 0 Å². The molecule has 0 saturated carbocycles. The molecule has 1 aromatic carbocycles. The monoisotopic (exact) mass is 301 g/mol. The third kappa shape index (κ3) is 3.52. The van der Waals surface area contributed by atoms with E-state index in [-0.39, 0.29) is 12.4 Å². The minimum Gasteiger partial charge on any atom is -0.358 e. The molecule has 1 amide bonds. The Kier molecular flexibility index (Phi) is 4.17. The molecule has 0 spiro atoms. The molecular formula is C13H14F3N3O2. The standard InChI is InChI=1S/C13H14F3N3O2/c1-8-3-5-9(6-4-8)11-18-12(13(14,15)16)21-19(11)7-10(20)17-2/h3-6,12H,7H2,1-2H3,(H,17,20). The van der Waals surface area contributed by atoms with Crippen LogP contribution in [0.2, 0.25) is 0 Å². The van der Waals surface area contributed by atoms with E-state index in [4.69, 9.17) is 4.84 Å². The summed E-state index contributed by atoms with van der Waals surface area (Å²) in [7, 11) is 1.39. The fourth-order valence-corrected chi connectivity index (χ4v) is 1.75. The Morgan fingerprint density at radius 2 is 2.00 bits per heavy atom. The number of rotatable bonds is 3. The van der Waals surface area contributed by atoms with Crippen LogP contribution in [0.25, 0.3) is 0 Å². The second-order valence-electron chi connectivity index (χ2n) is 4.53. The van der Waals surface area contributed by atoms with Gasteiger partial charge in [0.25, 0.3) is 6.23 Å². The summed E-state index contributed by atoms with van der Waals surface area (Å²) >= 11 is 0. The number of benzene rings is 1. The summed E-state index contributed by atoms with van der Waals surface area (Å²) in [5.41, 5.74) is 1.42. The molecule has 0 radical (unpaired) electrons. The van der Waals surface area contributed by atoms with Crippen LogP contribution >= 0.6 is 0 Å². The highest BCUT2D eigenvalue weighted by Crippen LogP contribution is 2.30. The average molecular weight is 301 g/mol. The SMILES string of the molecule is CNC(=O)CN1OC(C(F)(F)F)N=C1c1ccc(C)cc1. The van der Waals surface area contributed by atoms with Crippen molar-refractivity contribution in [2.75, 3.05) is 13.6 Å². The number of hydroxylamine groups is 2. The number of likely N-dealkylation sites (N-methyl/N-ethyl adjacent to an activating group) is 1. The third-order valence-corrected chi connectivity index (χ3v) is 2.86. The fraction of sp³-hybridized carbons (Fsp3) is 0.385. The second kappa shape index (κ2) is 5.72. The molecule has 114 valence electrons. The highest BCUT2D eigenvalue weighted by atomic mass is 19.4. The van der Waals surface area contributed by atoms with Gasteiger partial charge in [-0.3, -0.25) is 4.79 Å². The van der Waals surface area contributed by atoms with Gasteiger partial charge in [0, 0.05) is 12.6 Å². The zero-order valence-electron chi connectivity index (χ0n) is 11.4. The smallest absolute Gasteiger partial charge is 0.358 e. The second-order valence-corrected chi connectivity index (χ2v) is 4.53. The van der Waals surface area contributed by atoms with Gasteiger partial charge in [-0.2, -0.15) is 13.2 Å². The van der Waals surface area contributed by atoms with Crippen molar-refractivity contribution in [1.29, 1.82) is 0 Å². The van der Waals surface area contributed by atoms with Crippen LogP contribution in [-0.2, 0) is 9.63 Å². The van der Waals surface area contributed by atoms with Crippen molar-refractivity contribution in [2.24, 2.45) is 4.99 Å². The Labute approximate surface area is 119 Å². The van der Waals surface area contributed by atoms with Crippen molar-refractivity contribution < 1.29 is 22.8 Å². The van der Waals surface area contributed by atoms with Gasteiger partial charge in [-0.15, -0.1) is 0 Å². The number of aliphatic imine (C=N–C) groups is 1. The van der Waals surface area contributed by atoms with Crippen molar-refractivity contribution in [2.45, 2.75) is 19.3 Å². The van der Waals surface area contributed by atoms with E-state index in [0.29, 0.717) is 5.56 Å². The lowest BCUT2D eigenvalue weighted by Gasteiger charge is -2.19. The number of halogens is 3. The lowest BCUT2D eigenvalue weighted by Crippen LogP contribution is -2.39. The lowest BCUT2D eigenvalue weighted by atomic mass is 10.1. The number of hydrogen-bond acceptors (Lipinski definition) is 4. The van der Waals surface area contributed by atoms with Crippen LogP contribution in [0.3, 0.4) is 0 Å². The van der Waals surface area contributed by atoms with Gasteiger partial charge in [0.1, 0.15) is 6.54 Å². The van der Waals surface area contributed by atoms with Crippen molar-refractivity contribution in [1.82, 2.24) is 10.4 Å². The fourth-order valence-electron chi connectivity index (χ4n) is 1.75. The number of hydrogen-bond donors (Lipinski definition) is 1. The summed E-state index contributed by atoms with van der Waals surface area (Å²) in [6, 6.07) is 6.76. The van der Waals surface area contributed by atoms with Gasteiger partial charge in [-0.1, -0.05) is 29.8 Å². The van der Waals surface area contributed by atoms with E-state index in [1.165, 1.54) is 7.05 Å². The molecule has 0 bridgehead atoms. The predicted molar refractivity (Wildman–Crippen MR) is 69.4 cm³/mol. The molecule has 0 aromatic heterocycles. The van der Waals surface area contributed by atoms with Crippen LogP contribution in [0.5, 0.6) is 0 Å². The molecule has 1 atom stereocenters. The molecule has 0 saturated heterocycles. The highest BCUT2D eigenvalue weighted by molar-refractivity contribution is 6.00. The molecule has 1 aliphatic heterocycles. The molecule has 21 heavy (non-hydrogen) atoms. The first-order valence-corrected chi connectivity index (χ1v) is 6.17. The molecule has 0 aliphatic carbocycles. The topological polar surface area (TPSA) is 53.9 Å². The summed E-state index contributed by atoms with van der Waals surface area (Å²) in [6.45, 7) is 1.49. The first-order chi connectivity index (χ1) is 9.81. The number of amidine groups is 1. The van der Waals surface area contributed by atoms with E-state index in [1.54, 1.807) is 24.3 Å². The van der Waals surface area contributed by atoms with Crippen LogP contribution in [0.1, 0.15) is 11.1 Å². The van der Waals surface area contributed by atoms with E-state index in [1.807, 2.05) is 6.92 Å². The molecule has 1 aromatic rings. The highest BCUT2D eigenvalue weighted by Gasteiger charge is 2.47. The van der Waals surface area contributed by atoms with Crippen LogP contribution in [-0.4, -0.2) is 42.8 Å². The summed E-state index contributed by atoms with van der Waals surface area (Å²) in [5, 5.41) is 3.19. The van der Waals surface area contributed by atoms with Gasteiger partial charge in [-0.25, -0.2) is 14.9 Å². The largest absolute Gasteiger partial charge is 0.437 e. The number of alkyl halides is 3. The molecule has 8 heteroatoms. The number of carbonyl (C=O) groups is 1. The quantitative estimate of drug-likeness (QED) is 0.923. The number of amides is 1. The number of aryl methyl sites for hydroxylation is 1. The van der Waals surface area contributed by atoms with Crippen LogP contribution in [0, 0.1) is 6.92 Å². The Bertz CT molecular complexity index is 555. The summed E-state index contributed by atoms with van der Waals surface area (Å²) in [5.74, 6) is -0.487. The maximum absolute atomic E-state index is 12.7. The normalized spacial score (nSPS) is 18.6. The molecule has 1 unspecified atom stereocenters. The Hall–Kier alpha value is -2.09. The zero-order chi connectivity index (χ0) is 15.6. The summed E-state index contributed by atoms with van der Waals surface area (Å²) in [6.07, 6.45) is -6.92. The van der Waals surface area contributed by atoms with Crippen molar-refractivity contribution in [3.8, 4) is 0 Å². The van der Waals surface area contributed by atoms with Gasteiger partial charge < -0.3 is 5.32 Å². The van der Waals surface area contributed by atoms with Gasteiger partial charge >= 0.3 is 6.18 Å². The van der Waals surface area contributed by atoms with Gasteiger partial charge in [0.15, 0.2) is 5.84 Å². The summed E-state index contributed by atoms with van der Waals surface area (Å²) in [4.78, 5) is 19.7. The van der Waals surface area contributed by atoms with Crippen LogP contribution < -0.4 is 5.32 Å². The molecule has 5 nitrogen and oxygen atoms in total. The Balaban J connectivity index is 2.30. The van der Waals surface area contributed by atoms with E-state index in [9.17, 15) is 18.0 Å². The van der Waals surface area contributed by atoms with Crippen LogP contribution in [0.4, 0.5) is 13.2 Å². The molecule has 0 fully saturated rings.